The summed E-state index contributed by atoms with van der Waals surface area (Å²) in [4.78, 5) is 37.9. The SMILES string of the molecule is O=C(Cc1ccccc1)Nc1ccc(SC(C(=O)Nc2ccc(Cl)c(C(=O)O)c2)c2ccccc2)cc1. The summed E-state index contributed by atoms with van der Waals surface area (Å²) in [6.07, 6.45) is 0.280. The van der Waals surface area contributed by atoms with Crippen molar-refractivity contribution in [1.82, 2.24) is 0 Å². The van der Waals surface area contributed by atoms with Gasteiger partial charge in [-0.3, -0.25) is 9.59 Å². The molecule has 6 nitrogen and oxygen atoms in total. The van der Waals surface area contributed by atoms with Crippen molar-refractivity contribution in [2.24, 2.45) is 0 Å². The zero-order valence-corrected chi connectivity index (χ0v) is 21.1. The van der Waals surface area contributed by atoms with Gasteiger partial charge < -0.3 is 15.7 Å². The van der Waals surface area contributed by atoms with Gasteiger partial charge in [0.2, 0.25) is 11.8 Å². The molecule has 8 heteroatoms. The van der Waals surface area contributed by atoms with E-state index in [4.69, 9.17) is 11.6 Å². The van der Waals surface area contributed by atoms with Crippen LogP contribution in [0.4, 0.5) is 11.4 Å². The lowest BCUT2D eigenvalue weighted by molar-refractivity contribution is -0.116. The summed E-state index contributed by atoms with van der Waals surface area (Å²) in [7, 11) is 0. The van der Waals surface area contributed by atoms with E-state index in [0.29, 0.717) is 11.4 Å². The average Bonchev–Trinajstić information content (AvgIpc) is 2.90. The third kappa shape index (κ3) is 7.22. The number of halogens is 1. The van der Waals surface area contributed by atoms with Gasteiger partial charge in [-0.05, 0) is 53.6 Å². The Labute approximate surface area is 223 Å². The second kappa shape index (κ2) is 12.3. The van der Waals surface area contributed by atoms with Crippen molar-refractivity contribution in [3.8, 4) is 0 Å². The van der Waals surface area contributed by atoms with Crippen LogP contribution in [0.5, 0.6) is 0 Å². The van der Waals surface area contributed by atoms with Crippen LogP contribution in [0.3, 0.4) is 0 Å². The number of carbonyl (C=O) groups excluding carboxylic acids is 2. The van der Waals surface area contributed by atoms with Crippen molar-refractivity contribution in [3.63, 3.8) is 0 Å². The molecule has 0 bridgehead atoms. The Balaban J connectivity index is 1.47. The number of hydrogen-bond acceptors (Lipinski definition) is 4. The molecular formula is C29H23ClN2O4S. The van der Waals surface area contributed by atoms with Gasteiger partial charge in [-0.1, -0.05) is 72.3 Å². The molecule has 186 valence electrons. The summed E-state index contributed by atoms with van der Waals surface area (Å²) in [5.74, 6) is -1.60. The molecule has 37 heavy (non-hydrogen) atoms. The minimum absolute atomic E-state index is 0.0896. The molecule has 0 fully saturated rings. The predicted molar refractivity (Wildman–Crippen MR) is 147 cm³/mol. The summed E-state index contributed by atoms with van der Waals surface area (Å²) in [5.41, 5.74) is 2.63. The molecule has 0 radical (unpaired) electrons. The van der Waals surface area contributed by atoms with Crippen LogP contribution >= 0.6 is 23.4 Å². The molecule has 1 atom stereocenters. The van der Waals surface area contributed by atoms with E-state index in [1.54, 1.807) is 18.2 Å². The van der Waals surface area contributed by atoms with E-state index < -0.39 is 11.2 Å². The number of rotatable bonds is 9. The zero-order valence-electron chi connectivity index (χ0n) is 19.6. The molecule has 0 heterocycles. The molecule has 0 aliphatic heterocycles. The first-order valence-corrected chi connectivity index (χ1v) is 12.6. The number of hydrogen-bond donors (Lipinski definition) is 3. The maximum Gasteiger partial charge on any atom is 0.337 e. The summed E-state index contributed by atoms with van der Waals surface area (Å²) >= 11 is 7.30. The van der Waals surface area contributed by atoms with Gasteiger partial charge in [0, 0.05) is 16.3 Å². The highest BCUT2D eigenvalue weighted by Crippen LogP contribution is 2.37. The van der Waals surface area contributed by atoms with Gasteiger partial charge in [0.05, 0.1) is 17.0 Å². The molecule has 1 unspecified atom stereocenters. The minimum Gasteiger partial charge on any atom is -0.478 e. The van der Waals surface area contributed by atoms with Crippen LogP contribution in [0.15, 0.2) is 108 Å². The fourth-order valence-electron chi connectivity index (χ4n) is 3.61. The lowest BCUT2D eigenvalue weighted by Crippen LogP contribution is -2.19. The lowest BCUT2D eigenvalue weighted by Gasteiger charge is -2.18. The first-order valence-electron chi connectivity index (χ1n) is 11.4. The number of anilines is 2. The number of aromatic carboxylic acids is 1. The van der Waals surface area contributed by atoms with Crippen molar-refractivity contribution in [3.05, 3.63) is 125 Å². The van der Waals surface area contributed by atoms with E-state index in [9.17, 15) is 19.5 Å². The predicted octanol–water partition coefficient (Wildman–Crippen LogP) is 6.69. The Bertz CT molecular complexity index is 1400. The summed E-state index contributed by atoms with van der Waals surface area (Å²) < 4.78 is 0. The standard InChI is InChI=1S/C29H23ClN2O4S/c30-25-16-13-22(18-24(25)29(35)36)32-28(34)27(20-9-5-2-6-10-20)37-23-14-11-21(12-15-23)31-26(33)17-19-7-3-1-4-8-19/h1-16,18,27H,17H2,(H,31,33)(H,32,34)(H,35,36). The molecule has 4 aromatic carbocycles. The molecule has 3 N–H and O–H groups in total. The summed E-state index contributed by atoms with van der Waals surface area (Å²) in [6, 6.07) is 30.4. The van der Waals surface area contributed by atoms with Crippen molar-refractivity contribution < 1.29 is 19.5 Å². The summed E-state index contributed by atoms with van der Waals surface area (Å²) in [5, 5.41) is 14.5. The first kappa shape index (κ1) is 26.0. The molecule has 2 amide bonds. The van der Waals surface area contributed by atoms with E-state index in [0.717, 1.165) is 16.0 Å². The largest absolute Gasteiger partial charge is 0.478 e. The molecular weight excluding hydrogens is 508 g/mol. The Morgan fingerprint density at radius 1 is 0.784 bits per heavy atom. The van der Waals surface area contributed by atoms with Gasteiger partial charge in [-0.2, -0.15) is 0 Å². The van der Waals surface area contributed by atoms with Crippen LogP contribution in [-0.2, 0) is 16.0 Å². The van der Waals surface area contributed by atoms with Crippen molar-refractivity contribution in [2.45, 2.75) is 16.6 Å². The van der Waals surface area contributed by atoms with Crippen molar-refractivity contribution >= 4 is 52.5 Å². The highest BCUT2D eigenvalue weighted by Gasteiger charge is 2.23. The number of carbonyl (C=O) groups is 3. The van der Waals surface area contributed by atoms with Gasteiger partial charge >= 0.3 is 5.97 Å². The molecule has 0 saturated heterocycles. The Morgan fingerprint density at radius 2 is 1.41 bits per heavy atom. The number of amides is 2. The molecule has 4 rings (SSSR count). The Morgan fingerprint density at radius 3 is 2.05 bits per heavy atom. The fourth-order valence-corrected chi connectivity index (χ4v) is 4.84. The Kier molecular flexibility index (Phi) is 8.61. The average molecular weight is 531 g/mol. The van der Waals surface area contributed by atoms with Crippen molar-refractivity contribution in [1.29, 1.82) is 0 Å². The topological polar surface area (TPSA) is 95.5 Å². The quantitative estimate of drug-likeness (QED) is 0.209. The second-order valence-corrected chi connectivity index (χ2v) is 9.72. The number of carboxylic acids is 1. The normalized spacial score (nSPS) is 11.4. The van der Waals surface area contributed by atoms with Gasteiger partial charge in [0.15, 0.2) is 0 Å². The summed E-state index contributed by atoms with van der Waals surface area (Å²) in [6.45, 7) is 0. The number of carboxylic acid groups (broad SMARTS) is 1. The molecule has 0 aliphatic rings. The number of benzene rings is 4. The fraction of sp³-hybridized carbons (Fsp3) is 0.0690. The zero-order chi connectivity index (χ0) is 26.2. The van der Waals surface area contributed by atoms with Crippen LogP contribution in [0.2, 0.25) is 5.02 Å². The van der Waals surface area contributed by atoms with Gasteiger partial charge in [-0.15, -0.1) is 11.8 Å². The van der Waals surface area contributed by atoms with E-state index in [1.165, 1.54) is 23.9 Å². The van der Waals surface area contributed by atoms with E-state index in [-0.39, 0.29) is 28.8 Å². The highest BCUT2D eigenvalue weighted by molar-refractivity contribution is 8.00. The number of nitrogens with one attached hydrogen (secondary N) is 2. The smallest absolute Gasteiger partial charge is 0.337 e. The first-order chi connectivity index (χ1) is 17.9. The van der Waals surface area contributed by atoms with Gasteiger partial charge in [0.1, 0.15) is 5.25 Å². The number of thioether (sulfide) groups is 1. The minimum atomic E-state index is -1.17. The maximum absolute atomic E-state index is 13.3. The van der Waals surface area contributed by atoms with Crippen LogP contribution in [-0.4, -0.2) is 22.9 Å². The maximum atomic E-state index is 13.3. The lowest BCUT2D eigenvalue weighted by atomic mass is 10.1. The Hall–Kier alpha value is -4.07. The molecule has 0 aromatic heterocycles. The molecule has 0 spiro atoms. The molecule has 4 aromatic rings. The second-order valence-electron chi connectivity index (χ2n) is 8.13. The van der Waals surface area contributed by atoms with Crippen LogP contribution in [0.1, 0.15) is 26.7 Å². The van der Waals surface area contributed by atoms with Crippen molar-refractivity contribution in [2.75, 3.05) is 10.6 Å². The highest BCUT2D eigenvalue weighted by atomic mass is 35.5. The van der Waals surface area contributed by atoms with E-state index >= 15 is 0 Å². The third-order valence-electron chi connectivity index (χ3n) is 5.40. The molecule has 0 saturated carbocycles. The van der Waals surface area contributed by atoms with E-state index in [1.807, 2.05) is 72.8 Å². The van der Waals surface area contributed by atoms with Gasteiger partial charge in [0.25, 0.3) is 0 Å². The third-order valence-corrected chi connectivity index (χ3v) is 7.00. The van der Waals surface area contributed by atoms with Gasteiger partial charge in [-0.25, -0.2) is 4.79 Å². The van der Waals surface area contributed by atoms with Crippen LogP contribution in [0, 0.1) is 0 Å². The van der Waals surface area contributed by atoms with E-state index in [2.05, 4.69) is 10.6 Å². The monoisotopic (exact) mass is 530 g/mol. The van der Waals surface area contributed by atoms with Crippen LogP contribution in [0.25, 0.3) is 0 Å². The van der Waals surface area contributed by atoms with Crippen LogP contribution < -0.4 is 10.6 Å². The molecule has 0 aliphatic carbocycles.